The first-order valence-electron chi connectivity index (χ1n) is 5.11. The summed E-state index contributed by atoms with van der Waals surface area (Å²) in [4.78, 5) is 12.9. The molecule has 14 heavy (non-hydrogen) atoms. The first-order valence-corrected chi connectivity index (χ1v) is 5.11. The monoisotopic (exact) mass is 201 g/mol. The Kier molecular flexibility index (Phi) is 3.89. The first kappa shape index (κ1) is 11.5. The summed E-state index contributed by atoms with van der Waals surface area (Å²) in [7, 11) is 1.39. The molecule has 4 nitrogen and oxygen atoms in total. The Bertz CT molecular complexity index is 200. The van der Waals surface area contributed by atoms with Crippen LogP contribution in [0, 0.1) is 0 Å². The third kappa shape index (κ3) is 2.96. The van der Waals surface area contributed by atoms with Crippen LogP contribution in [0.25, 0.3) is 0 Å². The highest BCUT2D eigenvalue weighted by Gasteiger charge is 2.39. The average Bonchev–Trinajstić information content (AvgIpc) is 2.11. The van der Waals surface area contributed by atoms with Crippen LogP contribution in [0.15, 0.2) is 0 Å². The van der Waals surface area contributed by atoms with Crippen molar-refractivity contribution in [2.75, 3.05) is 26.7 Å². The fourth-order valence-electron chi connectivity index (χ4n) is 1.92. The maximum Gasteiger partial charge on any atom is 0.306 e. The Morgan fingerprint density at radius 2 is 2.21 bits per heavy atom. The zero-order valence-electron chi connectivity index (χ0n) is 8.95. The molecule has 0 radical (unpaired) electrons. The van der Waals surface area contributed by atoms with E-state index in [1.54, 1.807) is 0 Å². The minimum Gasteiger partial charge on any atom is -0.469 e. The molecule has 0 amide bonds. The van der Waals surface area contributed by atoms with E-state index < -0.39 is 5.60 Å². The van der Waals surface area contributed by atoms with Crippen molar-refractivity contribution >= 4 is 5.97 Å². The van der Waals surface area contributed by atoms with Crippen molar-refractivity contribution in [2.45, 2.75) is 31.8 Å². The number of β-amino-alcohol motifs (C(OH)–C–C–N with tert-alkyl or cyclic N) is 1. The molecule has 1 rings (SSSR count). The topological polar surface area (TPSA) is 49.8 Å². The smallest absolute Gasteiger partial charge is 0.306 e. The highest BCUT2D eigenvalue weighted by molar-refractivity contribution is 5.69. The number of esters is 1. The Balaban J connectivity index is 2.12. The van der Waals surface area contributed by atoms with Crippen LogP contribution in [-0.2, 0) is 9.53 Å². The Morgan fingerprint density at radius 3 is 2.71 bits per heavy atom. The minimum atomic E-state index is -0.495. The molecule has 82 valence electrons. The molecule has 1 aliphatic rings. The average molecular weight is 201 g/mol. The Morgan fingerprint density at radius 1 is 1.57 bits per heavy atom. The van der Waals surface area contributed by atoms with Gasteiger partial charge >= 0.3 is 5.97 Å². The van der Waals surface area contributed by atoms with E-state index in [2.05, 4.69) is 16.6 Å². The van der Waals surface area contributed by atoms with Crippen LogP contribution >= 0.6 is 0 Å². The predicted octanol–water partition coefficient (Wildman–Crippen LogP) is 0.396. The van der Waals surface area contributed by atoms with Crippen molar-refractivity contribution in [3.8, 4) is 0 Å². The van der Waals surface area contributed by atoms with Crippen molar-refractivity contribution in [1.29, 1.82) is 0 Å². The highest BCUT2D eigenvalue weighted by atomic mass is 16.5. The second kappa shape index (κ2) is 4.75. The first-order chi connectivity index (χ1) is 6.59. The molecule has 0 aromatic carbocycles. The van der Waals surface area contributed by atoms with E-state index in [9.17, 15) is 9.90 Å². The SMILES string of the molecule is CCCC1(O)CN(CCC(=O)OC)C1. The molecule has 0 spiro atoms. The molecule has 0 unspecified atom stereocenters. The largest absolute Gasteiger partial charge is 0.469 e. The molecule has 0 aromatic rings. The maximum atomic E-state index is 10.8. The summed E-state index contributed by atoms with van der Waals surface area (Å²) in [5.74, 6) is -0.184. The van der Waals surface area contributed by atoms with Gasteiger partial charge in [-0.1, -0.05) is 13.3 Å². The molecular weight excluding hydrogens is 182 g/mol. The van der Waals surface area contributed by atoms with Crippen molar-refractivity contribution in [3.63, 3.8) is 0 Å². The number of hydrogen-bond donors (Lipinski definition) is 1. The molecule has 1 N–H and O–H groups in total. The van der Waals surface area contributed by atoms with Gasteiger partial charge in [0.25, 0.3) is 0 Å². The van der Waals surface area contributed by atoms with Gasteiger partial charge in [-0.2, -0.15) is 0 Å². The van der Waals surface area contributed by atoms with E-state index in [0.29, 0.717) is 26.1 Å². The number of methoxy groups -OCH3 is 1. The minimum absolute atomic E-state index is 0.184. The standard InChI is InChI=1S/C10H19NO3/c1-3-5-10(13)7-11(8-10)6-4-9(12)14-2/h13H,3-8H2,1-2H3. The summed E-state index contributed by atoms with van der Waals surface area (Å²) in [5, 5.41) is 9.85. The molecule has 1 heterocycles. The van der Waals surface area contributed by atoms with Crippen LogP contribution in [-0.4, -0.2) is 48.3 Å². The van der Waals surface area contributed by atoms with Crippen LogP contribution < -0.4 is 0 Å². The van der Waals surface area contributed by atoms with E-state index in [1.165, 1.54) is 7.11 Å². The molecule has 0 atom stereocenters. The highest BCUT2D eigenvalue weighted by Crippen LogP contribution is 2.25. The van der Waals surface area contributed by atoms with Crippen molar-refractivity contribution in [2.24, 2.45) is 0 Å². The molecule has 0 aromatic heterocycles. The zero-order chi connectivity index (χ0) is 10.6. The summed E-state index contributed by atoms with van der Waals surface area (Å²) < 4.78 is 4.54. The predicted molar refractivity (Wildman–Crippen MR) is 52.9 cm³/mol. The lowest BCUT2D eigenvalue weighted by molar-refractivity contribution is -0.143. The summed E-state index contributed by atoms with van der Waals surface area (Å²) >= 11 is 0. The van der Waals surface area contributed by atoms with Crippen LogP contribution in [0.5, 0.6) is 0 Å². The molecule has 0 saturated carbocycles. The van der Waals surface area contributed by atoms with E-state index in [4.69, 9.17) is 0 Å². The summed E-state index contributed by atoms with van der Waals surface area (Å²) in [6, 6.07) is 0. The third-order valence-electron chi connectivity index (χ3n) is 2.61. The van der Waals surface area contributed by atoms with E-state index >= 15 is 0 Å². The van der Waals surface area contributed by atoms with Gasteiger partial charge in [0.05, 0.1) is 19.1 Å². The van der Waals surface area contributed by atoms with E-state index in [1.807, 2.05) is 0 Å². The van der Waals surface area contributed by atoms with Crippen LogP contribution in [0.1, 0.15) is 26.2 Å². The molecule has 4 heteroatoms. The number of carbonyl (C=O) groups is 1. The number of likely N-dealkylation sites (tertiary alicyclic amines) is 1. The van der Waals surface area contributed by atoms with Crippen LogP contribution in [0.3, 0.4) is 0 Å². The lowest BCUT2D eigenvalue weighted by Crippen LogP contribution is -2.61. The van der Waals surface area contributed by atoms with Gasteiger partial charge < -0.3 is 9.84 Å². The zero-order valence-corrected chi connectivity index (χ0v) is 8.95. The summed E-state index contributed by atoms with van der Waals surface area (Å²) in [6.45, 7) is 4.14. The number of rotatable bonds is 5. The van der Waals surface area contributed by atoms with Crippen molar-refractivity contribution in [1.82, 2.24) is 4.90 Å². The lowest BCUT2D eigenvalue weighted by atomic mass is 9.89. The quantitative estimate of drug-likeness (QED) is 0.654. The molecule has 1 saturated heterocycles. The van der Waals surface area contributed by atoms with E-state index in [0.717, 1.165) is 12.8 Å². The maximum absolute atomic E-state index is 10.8. The number of ether oxygens (including phenoxy) is 1. The van der Waals surface area contributed by atoms with Crippen molar-refractivity contribution in [3.05, 3.63) is 0 Å². The van der Waals surface area contributed by atoms with Crippen LogP contribution in [0.2, 0.25) is 0 Å². The second-order valence-electron chi connectivity index (χ2n) is 4.01. The molecule has 1 fully saturated rings. The molecule has 1 aliphatic heterocycles. The van der Waals surface area contributed by atoms with Gasteiger partial charge in [-0.05, 0) is 6.42 Å². The number of nitrogens with zero attached hydrogens (tertiary/aromatic N) is 1. The molecule has 0 aliphatic carbocycles. The summed E-state index contributed by atoms with van der Waals surface area (Å²) in [6.07, 6.45) is 2.27. The van der Waals surface area contributed by atoms with Gasteiger partial charge in [0.15, 0.2) is 0 Å². The number of carbonyl (C=O) groups excluding carboxylic acids is 1. The number of hydrogen-bond acceptors (Lipinski definition) is 4. The fourth-order valence-corrected chi connectivity index (χ4v) is 1.92. The lowest BCUT2D eigenvalue weighted by Gasteiger charge is -2.46. The van der Waals surface area contributed by atoms with Gasteiger partial charge in [0, 0.05) is 19.6 Å². The Hall–Kier alpha value is -0.610. The number of aliphatic hydroxyl groups is 1. The van der Waals surface area contributed by atoms with Crippen LogP contribution in [0.4, 0.5) is 0 Å². The van der Waals surface area contributed by atoms with E-state index in [-0.39, 0.29) is 5.97 Å². The molecule has 0 bridgehead atoms. The van der Waals surface area contributed by atoms with Crippen molar-refractivity contribution < 1.29 is 14.6 Å². The normalized spacial score (nSPS) is 20.2. The third-order valence-corrected chi connectivity index (χ3v) is 2.61. The van der Waals surface area contributed by atoms with Gasteiger partial charge in [0.2, 0.25) is 0 Å². The van der Waals surface area contributed by atoms with Gasteiger partial charge in [-0.3, -0.25) is 9.69 Å². The summed E-state index contributed by atoms with van der Waals surface area (Å²) in [5.41, 5.74) is -0.495. The van der Waals surface area contributed by atoms with Gasteiger partial charge in [-0.15, -0.1) is 0 Å². The fraction of sp³-hybridized carbons (Fsp3) is 0.900. The Labute approximate surface area is 84.8 Å². The molecular formula is C10H19NO3. The van der Waals surface area contributed by atoms with Gasteiger partial charge in [-0.25, -0.2) is 0 Å². The second-order valence-corrected chi connectivity index (χ2v) is 4.01. The van der Waals surface area contributed by atoms with Gasteiger partial charge in [0.1, 0.15) is 0 Å².